The smallest absolute Gasteiger partial charge is 0.411 e. The summed E-state index contributed by atoms with van der Waals surface area (Å²) in [6.07, 6.45) is -7.39. The van der Waals surface area contributed by atoms with E-state index in [0.29, 0.717) is 47.5 Å². The molecule has 12 heteroatoms. The fourth-order valence-electron chi connectivity index (χ4n) is 4.54. The molecule has 2 amide bonds. The number of nitrogens with one attached hydrogen (secondary N) is 2. The molecule has 0 fully saturated rings. The highest BCUT2D eigenvalue weighted by molar-refractivity contribution is 6.03. The fourth-order valence-corrected chi connectivity index (χ4v) is 4.54. The molecule has 0 saturated heterocycles. The number of hydrogen-bond donors (Lipinski definition) is 4. The molecule has 0 aliphatic rings. The number of anilines is 2. The molecule has 0 aromatic heterocycles. The SMILES string of the molecule is O=C(/C=C/c1ccccc1)Nc1cc(C(c2ccc(O)c(NC(=O)/C=C/c3ccccc3)c2)(C(F)(F)F)C(F)(F)F)ccc1O. The number of carbonyl (C=O) groups excluding carboxylic acids is 2. The van der Waals surface area contributed by atoms with Crippen molar-refractivity contribution in [1.82, 2.24) is 0 Å². The van der Waals surface area contributed by atoms with E-state index < -0.39 is 63.6 Å². The Balaban J connectivity index is 1.76. The molecule has 4 N–H and O–H groups in total. The first kappa shape index (κ1) is 32.4. The molecule has 0 atom stereocenters. The number of amides is 2. The van der Waals surface area contributed by atoms with Crippen LogP contribution in [0.3, 0.4) is 0 Å². The van der Waals surface area contributed by atoms with Crippen molar-refractivity contribution in [2.45, 2.75) is 17.8 Å². The standard InChI is InChI=1S/C33H24F6N2O4/c34-32(35,36)31(33(37,38)39,23-13-15-27(42)25(19-23)40-29(44)17-11-21-7-3-1-4-8-21)24-14-16-28(43)26(20-24)41-30(45)18-12-22-9-5-2-6-10-22/h1-20,42-43H,(H,40,44)(H,41,45)/b17-11+,18-12+. The first-order chi connectivity index (χ1) is 21.2. The van der Waals surface area contributed by atoms with E-state index in [9.17, 15) is 46.1 Å². The summed E-state index contributed by atoms with van der Waals surface area (Å²) in [5.41, 5.74) is -7.77. The normalized spacial score (nSPS) is 12.4. The van der Waals surface area contributed by atoms with Crippen LogP contribution in [-0.2, 0) is 15.0 Å². The van der Waals surface area contributed by atoms with Gasteiger partial charge in [0.15, 0.2) is 0 Å². The van der Waals surface area contributed by atoms with Crippen molar-refractivity contribution in [3.05, 3.63) is 131 Å². The van der Waals surface area contributed by atoms with Crippen molar-refractivity contribution in [1.29, 1.82) is 0 Å². The van der Waals surface area contributed by atoms with Crippen LogP contribution in [0.25, 0.3) is 12.2 Å². The van der Waals surface area contributed by atoms with Gasteiger partial charge < -0.3 is 20.8 Å². The Morgan fingerprint density at radius 2 is 0.911 bits per heavy atom. The summed E-state index contributed by atoms with van der Waals surface area (Å²) in [4.78, 5) is 24.9. The molecule has 4 rings (SSSR count). The zero-order valence-electron chi connectivity index (χ0n) is 23.0. The zero-order valence-corrected chi connectivity index (χ0v) is 23.0. The Hall–Kier alpha value is -5.52. The van der Waals surface area contributed by atoms with Gasteiger partial charge in [-0.15, -0.1) is 0 Å². The van der Waals surface area contributed by atoms with Crippen molar-refractivity contribution in [2.24, 2.45) is 0 Å². The quantitative estimate of drug-likeness (QED) is 0.0911. The van der Waals surface area contributed by atoms with Crippen molar-refractivity contribution >= 4 is 35.3 Å². The van der Waals surface area contributed by atoms with E-state index in [2.05, 4.69) is 10.6 Å². The minimum absolute atomic E-state index is 0.373. The van der Waals surface area contributed by atoms with Crippen molar-refractivity contribution in [3.63, 3.8) is 0 Å². The fraction of sp³-hybridized carbons (Fsp3) is 0.0909. The predicted octanol–water partition coefficient (Wildman–Crippen LogP) is 7.81. The van der Waals surface area contributed by atoms with E-state index in [1.807, 2.05) is 0 Å². The third kappa shape index (κ3) is 7.18. The number of benzene rings is 4. The first-order valence-corrected chi connectivity index (χ1v) is 13.1. The largest absolute Gasteiger partial charge is 0.506 e. The van der Waals surface area contributed by atoms with Crippen molar-refractivity contribution < 1.29 is 46.1 Å². The topological polar surface area (TPSA) is 98.7 Å². The van der Waals surface area contributed by atoms with Crippen LogP contribution in [0.2, 0.25) is 0 Å². The summed E-state index contributed by atoms with van der Waals surface area (Å²) in [6, 6.07) is 19.6. The highest BCUT2D eigenvalue weighted by Gasteiger charge is 2.72. The minimum Gasteiger partial charge on any atom is -0.506 e. The van der Waals surface area contributed by atoms with E-state index in [0.717, 1.165) is 12.2 Å². The molecule has 0 radical (unpaired) electrons. The van der Waals surface area contributed by atoms with Gasteiger partial charge in [-0.1, -0.05) is 72.8 Å². The maximum atomic E-state index is 14.8. The summed E-state index contributed by atoms with van der Waals surface area (Å²) in [7, 11) is 0. The van der Waals surface area contributed by atoms with Crippen LogP contribution in [0, 0.1) is 0 Å². The van der Waals surface area contributed by atoms with Gasteiger partial charge in [0.1, 0.15) is 11.5 Å². The molecule has 0 aliphatic heterocycles. The summed E-state index contributed by atoms with van der Waals surface area (Å²) in [5.74, 6) is -3.45. The molecule has 0 bridgehead atoms. The minimum atomic E-state index is -6.04. The van der Waals surface area contributed by atoms with Crippen LogP contribution < -0.4 is 10.6 Å². The van der Waals surface area contributed by atoms with E-state index in [1.54, 1.807) is 60.7 Å². The second-order valence-electron chi connectivity index (χ2n) is 9.68. The molecule has 4 aromatic rings. The molecular formula is C33H24F6N2O4. The summed E-state index contributed by atoms with van der Waals surface area (Å²) < 4.78 is 88.8. The Labute approximate surface area is 253 Å². The van der Waals surface area contributed by atoms with Crippen LogP contribution in [-0.4, -0.2) is 34.4 Å². The number of hydrogen-bond acceptors (Lipinski definition) is 4. The molecule has 0 unspecified atom stereocenters. The van der Waals surface area contributed by atoms with Gasteiger partial charge in [-0.05, 0) is 58.7 Å². The molecule has 4 aromatic carbocycles. The maximum Gasteiger partial charge on any atom is 0.411 e. The second kappa shape index (κ2) is 13.0. The van der Waals surface area contributed by atoms with Gasteiger partial charge in [0.25, 0.3) is 0 Å². The molecular weight excluding hydrogens is 602 g/mol. The molecule has 45 heavy (non-hydrogen) atoms. The molecule has 0 spiro atoms. The monoisotopic (exact) mass is 626 g/mol. The number of phenolic OH excluding ortho intramolecular Hbond substituents is 2. The van der Waals surface area contributed by atoms with Gasteiger partial charge in [0.05, 0.1) is 11.4 Å². The van der Waals surface area contributed by atoms with Crippen LogP contribution in [0.15, 0.2) is 109 Å². The summed E-state index contributed by atoms with van der Waals surface area (Å²) in [6.45, 7) is 0. The van der Waals surface area contributed by atoms with E-state index in [-0.39, 0.29) is 0 Å². The Kier molecular flexibility index (Phi) is 9.36. The van der Waals surface area contributed by atoms with Gasteiger partial charge in [-0.3, -0.25) is 9.59 Å². The lowest BCUT2D eigenvalue weighted by molar-refractivity contribution is -0.288. The highest BCUT2D eigenvalue weighted by Crippen LogP contribution is 2.57. The van der Waals surface area contributed by atoms with Crippen LogP contribution in [0.5, 0.6) is 11.5 Å². The molecule has 232 valence electrons. The predicted molar refractivity (Wildman–Crippen MR) is 157 cm³/mol. The molecule has 0 aliphatic carbocycles. The average Bonchev–Trinajstić information content (AvgIpc) is 2.98. The van der Waals surface area contributed by atoms with E-state index in [4.69, 9.17) is 0 Å². The lowest BCUT2D eigenvalue weighted by Gasteiger charge is -2.38. The summed E-state index contributed by atoms with van der Waals surface area (Å²) in [5, 5.41) is 24.7. The Morgan fingerprint density at radius 1 is 0.556 bits per heavy atom. The van der Waals surface area contributed by atoms with E-state index in [1.165, 1.54) is 12.2 Å². The van der Waals surface area contributed by atoms with Gasteiger partial charge in [-0.25, -0.2) is 0 Å². The van der Waals surface area contributed by atoms with Crippen LogP contribution in [0.1, 0.15) is 22.3 Å². The second-order valence-corrected chi connectivity index (χ2v) is 9.68. The van der Waals surface area contributed by atoms with E-state index >= 15 is 0 Å². The van der Waals surface area contributed by atoms with Crippen LogP contribution >= 0.6 is 0 Å². The van der Waals surface area contributed by atoms with Crippen molar-refractivity contribution in [2.75, 3.05) is 10.6 Å². The van der Waals surface area contributed by atoms with Gasteiger partial charge in [0.2, 0.25) is 17.2 Å². The van der Waals surface area contributed by atoms with Gasteiger partial charge in [0, 0.05) is 12.2 Å². The number of aromatic hydroxyl groups is 2. The third-order valence-electron chi connectivity index (χ3n) is 6.68. The number of halogens is 6. The number of rotatable bonds is 8. The molecule has 0 heterocycles. The number of alkyl halides is 6. The average molecular weight is 627 g/mol. The van der Waals surface area contributed by atoms with Gasteiger partial charge in [-0.2, -0.15) is 26.3 Å². The van der Waals surface area contributed by atoms with Gasteiger partial charge >= 0.3 is 12.4 Å². The Morgan fingerprint density at radius 3 is 1.24 bits per heavy atom. The highest BCUT2D eigenvalue weighted by atomic mass is 19.4. The number of phenols is 2. The van der Waals surface area contributed by atoms with Crippen molar-refractivity contribution in [3.8, 4) is 11.5 Å². The Bertz CT molecular complexity index is 1610. The summed E-state index contributed by atoms with van der Waals surface area (Å²) >= 11 is 0. The zero-order chi connectivity index (χ0) is 32.8. The maximum absolute atomic E-state index is 14.8. The van der Waals surface area contributed by atoms with Crippen LogP contribution in [0.4, 0.5) is 37.7 Å². The lowest BCUT2D eigenvalue weighted by atomic mass is 9.72. The number of carbonyl (C=O) groups is 2. The third-order valence-corrected chi connectivity index (χ3v) is 6.68. The molecule has 0 saturated carbocycles. The molecule has 6 nitrogen and oxygen atoms in total. The first-order valence-electron chi connectivity index (χ1n) is 13.1. The lowest BCUT2D eigenvalue weighted by Crippen LogP contribution is -2.54.